The fraction of sp³-hybridized carbons (Fsp3) is 0.425. The number of ether oxygens (including phenoxy) is 2. The van der Waals surface area contributed by atoms with Gasteiger partial charge in [-0.15, -0.1) is 0 Å². The van der Waals surface area contributed by atoms with E-state index in [-0.39, 0.29) is 44.7 Å². The number of hydrogen-bond donors (Lipinski definition) is 3. The zero-order chi connectivity index (χ0) is 37.7. The lowest BCUT2D eigenvalue weighted by Crippen LogP contribution is -2.74. The highest BCUT2D eigenvalue weighted by Gasteiger charge is 2.56. The van der Waals surface area contributed by atoms with Crippen LogP contribution in [0.3, 0.4) is 0 Å². The Hall–Kier alpha value is -5.06. The van der Waals surface area contributed by atoms with E-state index in [1.54, 1.807) is 4.90 Å². The molecule has 2 aliphatic heterocycles. The lowest BCUT2D eigenvalue weighted by Gasteiger charge is -2.53. The quantitative estimate of drug-likeness (QED) is 0.112. The van der Waals surface area contributed by atoms with Gasteiger partial charge < -0.3 is 29.5 Å². The highest BCUT2D eigenvalue weighted by atomic mass is 19.2. The van der Waals surface area contributed by atoms with Crippen LogP contribution in [-0.2, 0) is 26.3 Å². The third-order valence-electron chi connectivity index (χ3n) is 9.80. The molecule has 280 valence electrons. The average molecular weight is 734 g/mol. The number of aliphatic carboxylic acids is 1. The van der Waals surface area contributed by atoms with Crippen molar-refractivity contribution in [3.63, 3.8) is 0 Å². The third kappa shape index (κ3) is 8.77. The minimum atomic E-state index is -1.44. The van der Waals surface area contributed by atoms with Gasteiger partial charge in [0.15, 0.2) is 17.4 Å². The van der Waals surface area contributed by atoms with Gasteiger partial charge in [-0.25, -0.2) is 8.78 Å². The zero-order valence-corrected chi connectivity index (χ0v) is 29.3. The molecule has 1 saturated carbocycles. The standard InChI is InChI=1S/C40H42F3N3O7/c1-25-5-2-8-31(21-25)52-20-18-45(29-13-14-29)39(51)38-40(17-3-7-28(44-40)24-46(38)34(48)22-30(47)23-35(49)50)27-11-9-26(10-12-27)6-4-19-53-37-33(42)16-15-32(41)36(37)43/h2,5,8-12,15-16,21,28-30,38,44,47H,4,6,13-14,17-20,22-24H2,1H3,(H,49,50)/t28-,30-,38+,40+/m0/s1. The van der Waals surface area contributed by atoms with E-state index in [0.717, 1.165) is 30.0 Å². The summed E-state index contributed by atoms with van der Waals surface area (Å²) in [5.74, 6) is 0.570. The Labute approximate surface area is 305 Å². The number of aryl methyl sites for hydroxylation is 2. The van der Waals surface area contributed by atoms with Gasteiger partial charge in [0.2, 0.25) is 17.6 Å². The Balaban J connectivity index is 1.24. The minimum Gasteiger partial charge on any atom is -0.492 e. The SMILES string of the molecule is Cc1cccc(OCCN(C(=O)[C@H]2N(C(=O)C[C@H](O)CC(=O)O)C[C@@H]3C#CC[C@]2(c2ccc(CCCOc4c(F)ccc(F)c4F)cc2)N3)C2CC2)c1. The summed E-state index contributed by atoms with van der Waals surface area (Å²) in [5, 5.41) is 23.3. The second-order valence-corrected chi connectivity index (χ2v) is 13.8. The number of fused-ring (bicyclic) bond motifs is 2. The molecule has 2 amide bonds. The predicted molar refractivity (Wildman–Crippen MR) is 187 cm³/mol. The van der Waals surface area contributed by atoms with Gasteiger partial charge in [0.25, 0.3) is 0 Å². The van der Waals surface area contributed by atoms with Crippen LogP contribution in [0.25, 0.3) is 0 Å². The van der Waals surface area contributed by atoms with Crippen molar-refractivity contribution in [1.82, 2.24) is 15.1 Å². The summed E-state index contributed by atoms with van der Waals surface area (Å²) in [6, 6.07) is 14.9. The van der Waals surface area contributed by atoms with Gasteiger partial charge in [-0.1, -0.05) is 48.2 Å². The van der Waals surface area contributed by atoms with Crippen molar-refractivity contribution >= 4 is 17.8 Å². The second kappa shape index (κ2) is 16.3. The number of amides is 2. The van der Waals surface area contributed by atoms with Gasteiger partial charge in [-0.2, -0.15) is 4.39 Å². The lowest BCUT2D eigenvalue weighted by atomic mass is 9.73. The summed E-state index contributed by atoms with van der Waals surface area (Å²) >= 11 is 0. The van der Waals surface area contributed by atoms with Gasteiger partial charge >= 0.3 is 5.97 Å². The Bertz CT molecular complexity index is 1890. The number of hydrogen-bond acceptors (Lipinski definition) is 7. The molecule has 2 bridgehead atoms. The molecule has 0 aromatic heterocycles. The molecule has 0 spiro atoms. The highest BCUT2D eigenvalue weighted by Crippen LogP contribution is 2.40. The molecular weight excluding hydrogens is 691 g/mol. The van der Waals surface area contributed by atoms with E-state index in [4.69, 9.17) is 9.47 Å². The topological polar surface area (TPSA) is 129 Å². The fourth-order valence-corrected chi connectivity index (χ4v) is 7.12. The van der Waals surface area contributed by atoms with Crippen LogP contribution in [0, 0.1) is 36.2 Å². The van der Waals surface area contributed by atoms with E-state index in [0.29, 0.717) is 30.2 Å². The van der Waals surface area contributed by atoms with Crippen molar-refractivity contribution in [2.75, 3.05) is 26.3 Å². The molecule has 3 aromatic carbocycles. The smallest absolute Gasteiger partial charge is 0.305 e. The summed E-state index contributed by atoms with van der Waals surface area (Å²) in [6.07, 6.45) is 0.0950. The number of halogens is 3. The number of nitrogens with zero attached hydrogens (tertiary/aromatic N) is 2. The van der Waals surface area contributed by atoms with Crippen LogP contribution in [0.5, 0.6) is 11.5 Å². The first-order chi connectivity index (χ1) is 25.4. The van der Waals surface area contributed by atoms with E-state index in [2.05, 4.69) is 17.2 Å². The van der Waals surface area contributed by atoms with Gasteiger partial charge in [0, 0.05) is 19.0 Å². The Morgan fingerprint density at radius 3 is 2.49 bits per heavy atom. The molecule has 2 fully saturated rings. The molecule has 3 N–H and O–H groups in total. The summed E-state index contributed by atoms with van der Waals surface area (Å²) in [4.78, 5) is 43.4. The van der Waals surface area contributed by atoms with Gasteiger partial charge in [0.05, 0.1) is 43.7 Å². The molecule has 1 aliphatic carbocycles. The molecule has 6 rings (SSSR count). The van der Waals surface area contributed by atoms with Crippen LogP contribution in [-0.4, -0.2) is 88.3 Å². The van der Waals surface area contributed by atoms with Crippen LogP contribution in [0.1, 0.15) is 55.2 Å². The fourth-order valence-electron chi connectivity index (χ4n) is 7.12. The molecular formula is C40H42F3N3O7. The van der Waals surface area contributed by atoms with Gasteiger partial charge in [-0.05, 0) is 73.6 Å². The van der Waals surface area contributed by atoms with Crippen LogP contribution < -0.4 is 14.8 Å². The first kappa shape index (κ1) is 37.7. The van der Waals surface area contributed by atoms with E-state index in [1.165, 1.54) is 4.90 Å². The molecule has 10 nitrogen and oxygen atoms in total. The maximum absolute atomic E-state index is 14.9. The number of aliphatic hydroxyl groups is 1. The number of carbonyl (C=O) groups is 3. The van der Waals surface area contributed by atoms with E-state index < -0.39 is 71.6 Å². The molecule has 53 heavy (non-hydrogen) atoms. The molecule has 0 radical (unpaired) electrons. The summed E-state index contributed by atoms with van der Waals surface area (Å²) in [6.45, 7) is 2.46. The van der Waals surface area contributed by atoms with E-state index in [9.17, 15) is 37.8 Å². The predicted octanol–water partition coefficient (Wildman–Crippen LogP) is 4.49. The van der Waals surface area contributed by atoms with E-state index >= 15 is 0 Å². The summed E-state index contributed by atoms with van der Waals surface area (Å²) in [7, 11) is 0. The van der Waals surface area contributed by atoms with Crippen molar-refractivity contribution in [2.45, 2.75) is 81.6 Å². The maximum atomic E-state index is 14.9. The van der Waals surface area contributed by atoms with E-state index in [1.807, 2.05) is 55.5 Å². The number of carboxylic acids is 1. The highest BCUT2D eigenvalue weighted by molar-refractivity contribution is 5.91. The van der Waals surface area contributed by atoms with Gasteiger partial charge in [-0.3, -0.25) is 19.7 Å². The van der Waals surface area contributed by atoms with Crippen LogP contribution in [0.15, 0.2) is 60.7 Å². The molecule has 4 atom stereocenters. The zero-order valence-electron chi connectivity index (χ0n) is 29.3. The van der Waals surface area contributed by atoms with Crippen LogP contribution >= 0.6 is 0 Å². The van der Waals surface area contributed by atoms with Crippen molar-refractivity contribution < 1.29 is 47.2 Å². The van der Waals surface area contributed by atoms with Crippen molar-refractivity contribution in [3.05, 3.63) is 94.8 Å². The molecule has 13 heteroatoms. The van der Waals surface area contributed by atoms with Crippen LogP contribution in [0.4, 0.5) is 13.2 Å². The van der Waals surface area contributed by atoms with Crippen molar-refractivity contribution in [3.8, 4) is 23.3 Å². The minimum absolute atomic E-state index is 0.0402. The summed E-state index contributed by atoms with van der Waals surface area (Å²) < 4.78 is 52.8. The Kier molecular flexibility index (Phi) is 11.6. The second-order valence-electron chi connectivity index (χ2n) is 13.8. The largest absolute Gasteiger partial charge is 0.492 e. The maximum Gasteiger partial charge on any atom is 0.305 e. The number of carbonyl (C=O) groups excluding carboxylic acids is 2. The number of aliphatic hydroxyl groups excluding tert-OH is 1. The van der Waals surface area contributed by atoms with Crippen LogP contribution in [0.2, 0.25) is 0 Å². The number of benzene rings is 3. The molecule has 3 aliphatic rings. The Morgan fingerprint density at radius 2 is 1.77 bits per heavy atom. The number of carboxylic acid groups (broad SMARTS) is 1. The number of piperazine rings is 1. The Morgan fingerprint density at radius 1 is 1.02 bits per heavy atom. The van der Waals surface area contributed by atoms with Crippen molar-refractivity contribution in [1.29, 1.82) is 0 Å². The molecule has 0 unspecified atom stereocenters. The van der Waals surface area contributed by atoms with Crippen molar-refractivity contribution in [2.24, 2.45) is 0 Å². The first-order valence-electron chi connectivity index (χ1n) is 17.8. The molecule has 1 saturated heterocycles. The normalized spacial score (nSPS) is 20.9. The average Bonchev–Trinajstić information content (AvgIpc) is 3.96. The number of nitrogens with one attached hydrogen (secondary N) is 1. The van der Waals surface area contributed by atoms with Gasteiger partial charge in [0.1, 0.15) is 18.4 Å². The summed E-state index contributed by atoms with van der Waals surface area (Å²) in [5.41, 5.74) is 1.46. The third-order valence-corrected chi connectivity index (χ3v) is 9.80. The molecule has 2 heterocycles. The monoisotopic (exact) mass is 733 g/mol. The first-order valence-corrected chi connectivity index (χ1v) is 17.8. The molecule has 3 aromatic rings. The number of rotatable bonds is 16. The lowest BCUT2D eigenvalue weighted by molar-refractivity contribution is -0.156.